The maximum absolute atomic E-state index is 12.8. The van der Waals surface area contributed by atoms with E-state index >= 15 is 0 Å². The molecule has 1 amide bonds. The number of amides is 1. The van der Waals surface area contributed by atoms with Crippen LogP contribution in [-0.4, -0.2) is 36.5 Å². The lowest BCUT2D eigenvalue weighted by Crippen LogP contribution is -2.36. The summed E-state index contributed by atoms with van der Waals surface area (Å²) < 4.78 is 1.67. The van der Waals surface area contributed by atoms with Crippen LogP contribution in [0.3, 0.4) is 0 Å². The molecule has 0 radical (unpaired) electrons. The van der Waals surface area contributed by atoms with Crippen LogP contribution in [0.25, 0.3) is 17.2 Å². The molecule has 1 aromatic carbocycles. The van der Waals surface area contributed by atoms with E-state index in [9.17, 15) is 4.79 Å². The second-order valence-electron chi connectivity index (χ2n) is 8.19. The van der Waals surface area contributed by atoms with Gasteiger partial charge in [-0.15, -0.1) is 5.10 Å². The molecule has 0 atom stereocenters. The van der Waals surface area contributed by atoms with Crippen LogP contribution in [0.4, 0.5) is 11.5 Å². The number of nitrogens with zero attached hydrogens (tertiary/aromatic N) is 5. The Morgan fingerprint density at radius 1 is 1.06 bits per heavy atom. The summed E-state index contributed by atoms with van der Waals surface area (Å²) in [6.45, 7) is 1.91. The van der Waals surface area contributed by atoms with E-state index in [0.717, 1.165) is 35.6 Å². The number of nitrogens with one attached hydrogen (secondary N) is 2. The highest BCUT2D eigenvalue weighted by Gasteiger charge is 2.17. The van der Waals surface area contributed by atoms with E-state index in [1.807, 2.05) is 49.4 Å². The van der Waals surface area contributed by atoms with Crippen LogP contribution < -0.4 is 10.6 Å². The number of aryl methyl sites for hydroxylation is 1. The maximum atomic E-state index is 12.8. The van der Waals surface area contributed by atoms with Gasteiger partial charge in [-0.1, -0.05) is 25.3 Å². The number of hydrogen-bond acceptors (Lipinski definition) is 6. The van der Waals surface area contributed by atoms with Crippen LogP contribution in [0.15, 0.2) is 54.9 Å². The molecule has 8 nitrogen and oxygen atoms in total. The molecule has 1 fully saturated rings. The van der Waals surface area contributed by atoms with Crippen LogP contribution in [0.5, 0.6) is 0 Å². The first-order chi connectivity index (χ1) is 15.7. The zero-order valence-corrected chi connectivity index (χ0v) is 18.0. The van der Waals surface area contributed by atoms with Crippen LogP contribution in [0, 0.1) is 6.92 Å². The van der Waals surface area contributed by atoms with E-state index in [1.54, 1.807) is 16.9 Å². The van der Waals surface area contributed by atoms with Crippen molar-refractivity contribution in [3.05, 3.63) is 66.1 Å². The minimum atomic E-state index is -0.0313. The number of rotatable bonds is 5. The summed E-state index contributed by atoms with van der Waals surface area (Å²) >= 11 is 0. The molecule has 0 spiro atoms. The van der Waals surface area contributed by atoms with Crippen molar-refractivity contribution in [3.63, 3.8) is 0 Å². The van der Waals surface area contributed by atoms with Gasteiger partial charge in [-0.25, -0.2) is 4.98 Å². The number of benzene rings is 1. The van der Waals surface area contributed by atoms with E-state index in [-0.39, 0.29) is 11.9 Å². The zero-order chi connectivity index (χ0) is 21.9. The number of carbonyl (C=O) groups is 1. The summed E-state index contributed by atoms with van der Waals surface area (Å²) in [5.74, 6) is 1.74. The number of fused-ring (bicyclic) bond motifs is 1. The number of hydrogen-bond donors (Lipinski definition) is 2. The molecule has 1 aliphatic rings. The number of anilines is 2. The fraction of sp³-hybridized carbons (Fsp3) is 0.292. The van der Waals surface area contributed by atoms with Crippen LogP contribution in [0.2, 0.25) is 0 Å². The van der Waals surface area contributed by atoms with Gasteiger partial charge in [0.05, 0.1) is 0 Å². The number of carbonyl (C=O) groups excluding carboxylic acids is 1. The zero-order valence-electron chi connectivity index (χ0n) is 18.0. The predicted octanol–water partition coefficient (Wildman–Crippen LogP) is 4.30. The molecule has 3 aromatic heterocycles. The average Bonchev–Trinajstić information content (AvgIpc) is 3.25. The second kappa shape index (κ2) is 8.74. The van der Waals surface area contributed by atoms with E-state index < -0.39 is 0 Å². The first-order valence-electron chi connectivity index (χ1n) is 11.0. The molecule has 162 valence electrons. The van der Waals surface area contributed by atoms with Crippen molar-refractivity contribution < 1.29 is 4.79 Å². The van der Waals surface area contributed by atoms with Gasteiger partial charge >= 0.3 is 0 Å². The van der Waals surface area contributed by atoms with Gasteiger partial charge in [-0.2, -0.15) is 9.50 Å². The van der Waals surface area contributed by atoms with Crippen molar-refractivity contribution in [2.24, 2.45) is 0 Å². The van der Waals surface area contributed by atoms with E-state index in [4.69, 9.17) is 0 Å². The van der Waals surface area contributed by atoms with Gasteiger partial charge in [0.25, 0.3) is 11.7 Å². The molecule has 4 aromatic rings. The highest BCUT2D eigenvalue weighted by molar-refractivity contribution is 5.95. The third-order valence-electron chi connectivity index (χ3n) is 5.70. The van der Waals surface area contributed by atoms with Crippen LogP contribution in [-0.2, 0) is 0 Å². The largest absolute Gasteiger partial charge is 0.349 e. The molecule has 0 saturated heterocycles. The molecule has 1 saturated carbocycles. The van der Waals surface area contributed by atoms with Crippen molar-refractivity contribution in [1.82, 2.24) is 29.9 Å². The van der Waals surface area contributed by atoms with Crippen molar-refractivity contribution in [2.45, 2.75) is 45.1 Å². The molecule has 2 N–H and O–H groups in total. The Morgan fingerprint density at radius 2 is 1.94 bits per heavy atom. The Labute approximate surface area is 186 Å². The van der Waals surface area contributed by atoms with Crippen LogP contribution in [0.1, 0.15) is 48.2 Å². The van der Waals surface area contributed by atoms with E-state index in [2.05, 4.69) is 30.7 Å². The monoisotopic (exact) mass is 427 g/mol. The van der Waals surface area contributed by atoms with Gasteiger partial charge < -0.3 is 10.6 Å². The van der Waals surface area contributed by atoms with Crippen molar-refractivity contribution in [3.8, 4) is 11.4 Å². The lowest BCUT2D eigenvalue weighted by molar-refractivity contribution is 0.0927. The molecular weight excluding hydrogens is 402 g/mol. The molecule has 5 rings (SSSR count). The van der Waals surface area contributed by atoms with E-state index in [1.165, 1.54) is 19.3 Å². The predicted molar refractivity (Wildman–Crippen MR) is 123 cm³/mol. The van der Waals surface area contributed by atoms with Crippen LogP contribution >= 0.6 is 0 Å². The Morgan fingerprint density at radius 3 is 2.75 bits per heavy atom. The molecule has 0 bridgehead atoms. The van der Waals surface area contributed by atoms with Crippen molar-refractivity contribution in [1.29, 1.82) is 0 Å². The fourth-order valence-electron chi connectivity index (χ4n) is 4.09. The topological polar surface area (TPSA) is 97.1 Å². The standard InChI is InChI=1S/C24H25N7O/c1-16-13-21(31-24(26-16)29-22(30-31)18-8-6-12-25-15-18)27-20-11-5-7-17(14-20)23(32)28-19-9-3-2-4-10-19/h5-8,11-15,19,27H,2-4,9-10H2,1H3,(H,28,32). The summed E-state index contributed by atoms with van der Waals surface area (Å²) in [5, 5.41) is 11.2. The minimum Gasteiger partial charge on any atom is -0.349 e. The fourth-order valence-corrected chi connectivity index (χ4v) is 4.09. The Balaban J connectivity index is 1.41. The lowest BCUT2D eigenvalue weighted by Gasteiger charge is -2.22. The second-order valence-corrected chi connectivity index (χ2v) is 8.19. The first-order valence-corrected chi connectivity index (χ1v) is 11.0. The average molecular weight is 428 g/mol. The van der Waals surface area contributed by atoms with E-state index in [0.29, 0.717) is 17.2 Å². The minimum absolute atomic E-state index is 0.0313. The maximum Gasteiger partial charge on any atom is 0.254 e. The number of pyridine rings is 1. The summed E-state index contributed by atoms with van der Waals surface area (Å²) in [6.07, 6.45) is 9.18. The molecular formula is C24H25N7O. The summed E-state index contributed by atoms with van der Waals surface area (Å²) in [5.41, 5.74) is 3.07. The van der Waals surface area contributed by atoms with Crippen molar-refractivity contribution >= 4 is 23.2 Å². The van der Waals surface area contributed by atoms with Gasteiger partial charge in [0.1, 0.15) is 5.82 Å². The number of aromatic nitrogens is 5. The van der Waals surface area contributed by atoms with Gasteiger partial charge in [-0.3, -0.25) is 9.78 Å². The van der Waals surface area contributed by atoms with Crippen molar-refractivity contribution in [2.75, 3.05) is 5.32 Å². The SMILES string of the molecule is Cc1cc(Nc2cccc(C(=O)NC3CCCCC3)c2)n2nc(-c3cccnc3)nc2n1. The highest BCUT2D eigenvalue weighted by atomic mass is 16.1. The molecule has 32 heavy (non-hydrogen) atoms. The molecule has 0 aliphatic heterocycles. The lowest BCUT2D eigenvalue weighted by atomic mass is 9.95. The van der Waals surface area contributed by atoms with Gasteiger partial charge in [0, 0.05) is 47.0 Å². The molecule has 3 heterocycles. The Kier molecular flexibility index (Phi) is 5.49. The normalized spacial score (nSPS) is 14.4. The Hall–Kier alpha value is -3.81. The highest BCUT2D eigenvalue weighted by Crippen LogP contribution is 2.22. The molecule has 8 heteroatoms. The smallest absolute Gasteiger partial charge is 0.254 e. The third kappa shape index (κ3) is 4.30. The summed E-state index contributed by atoms with van der Waals surface area (Å²) in [6, 6.07) is 13.5. The van der Waals surface area contributed by atoms with Gasteiger partial charge in [-0.05, 0) is 50.1 Å². The first kappa shape index (κ1) is 20.1. The molecule has 0 unspecified atom stereocenters. The summed E-state index contributed by atoms with van der Waals surface area (Å²) in [4.78, 5) is 26.0. The van der Waals surface area contributed by atoms with Gasteiger partial charge in [0.2, 0.25) is 0 Å². The quantitative estimate of drug-likeness (QED) is 0.493. The molecule has 1 aliphatic carbocycles. The Bertz CT molecular complexity index is 1250. The van der Waals surface area contributed by atoms with Gasteiger partial charge in [0.15, 0.2) is 5.82 Å². The summed E-state index contributed by atoms with van der Waals surface area (Å²) in [7, 11) is 0. The third-order valence-corrected chi connectivity index (χ3v) is 5.70.